The predicted octanol–water partition coefficient (Wildman–Crippen LogP) is 5.11. The molecule has 2 aliphatic heterocycles. The minimum Gasteiger partial charge on any atom is -0.493 e. The monoisotopic (exact) mass is 592 g/mol. The number of rotatable bonds is 7. The van der Waals surface area contributed by atoms with Crippen molar-refractivity contribution in [3.8, 4) is 28.4 Å². The molecule has 10 nitrogen and oxygen atoms in total. The first-order valence-electron chi connectivity index (χ1n) is 15.1. The Morgan fingerprint density at radius 3 is 2.23 bits per heavy atom. The Kier molecular flexibility index (Phi) is 9.15. The molecule has 2 saturated heterocycles. The molecular weight excluding hydrogens is 548 g/mol. The van der Waals surface area contributed by atoms with Gasteiger partial charge in [0.25, 0.3) is 5.56 Å². The van der Waals surface area contributed by atoms with Gasteiger partial charge < -0.3 is 33.3 Å². The van der Waals surface area contributed by atoms with Gasteiger partial charge in [-0.05, 0) is 81.5 Å². The van der Waals surface area contributed by atoms with Gasteiger partial charge in [0.15, 0.2) is 11.5 Å². The number of aromatic nitrogens is 2. The second-order valence-electron chi connectivity index (χ2n) is 12.6. The quantitative estimate of drug-likeness (QED) is 0.374. The van der Waals surface area contributed by atoms with Gasteiger partial charge in [0, 0.05) is 63.9 Å². The van der Waals surface area contributed by atoms with Crippen molar-refractivity contribution in [1.82, 2.24) is 19.4 Å². The van der Waals surface area contributed by atoms with Gasteiger partial charge >= 0.3 is 6.09 Å². The molecule has 0 radical (unpaired) electrons. The first kappa shape index (κ1) is 30.7. The van der Waals surface area contributed by atoms with Crippen molar-refractivity contribution < 1.29 is 23.7 Å². The fourth-order valence-electron chi connectivity index (χ4n) is 6.06. The number of nitrogens with zero attached hydrogens (tertiary/aromatic N) is 4. The average molecular weight is 593 g/mol. The molecule has 5 rings (SSSR count). The van der Waals surface area contributed by atoms with Gasteiger partial charge in [0.2, 0.25) is 5.75 Å². The zero-order valence-electron chi connectivity index (χ0n) is 26.2. The van der Waals surface area contributed by atoms with Crippen LogP contribution in [-0.2, 0) is 11.8 Å². The molecule has 0 bridgehead atoms. The third-order valence-corrected chi connectivity index (χ3v) is 8.36. The number of carbonyl (C=O) groups is 1. The summed E-state index contributed by atoms with van der Waals surface area (Å²) >= 11 is 0. The summed E-state index contributed by atoms with van der Waals surface area (Å²) in [6.07, 6.45) is 8.77. The highest BCUT2D eigenvalue weighted by Crippen LogP contribution is 2.43. The number of hydrogen-bond acceptors (Lipinski definition) is 8. The Balaban J connectivity index is 1.22. The molecule has 0 spiro atoms. The Morgan fingerprint density at radius 1 is 0.977 bits per heavy atom. The Morgan fingerprint density at radius 2 is 1.63 bits per heavy atom. The van der Waals surface area contributed by atoms with Crippen molar-refractivity contribution in [3.05, 3.63) is 47.1 Å². The van der Waals surface area contributed by atoms with E-state index in [0.29, 0.717) is 28.6 Å². The largest absolute Gasteiger partial charge is 0.493 e. The van der Waals surface area contributed by atoms with E-state index in [9.17, 15) is 9.59 Å². The number of piperidine rings is 2. The molecule has 0 aliphatic carbocycles. The molecule has 10 heteroatoms. The molecule has 2 fully saturated rings. The van der Waals surface area contributed by atoms with Crippen LogP contribution in [0.15, 0.2) is 41.6 Å². The van der Waals surface area contributed by atoms with Gasteiger partial charge in [-0.3, -0.25) is 9.78 Å². The second kappa shape index (κ2) is 12.8. The van der Waals surface area contributed by atoms with Crippen molar-refractivity contribution in [2.45, 2.75) is 58.2 Å². The number of amides is 1. The number of carbonyl (C=O) groups excluding carboxylic acids is 1. The van der Waals surface area contributed by atoms with E-state index in [4.69, 9.17) is 18.9 Å². The number of aryl methyl sites for hydroxylation is 1. The fourth-order valence-corrected chi connectivity index (χ4v) is 6.06. The van der Waals surface area contributed by atoms with E-state index >= 15 is 0 Å². The van der Waals surface area contributed by atoms with Gasteiger partial charge in [-0.15, -0.1) is 0 Å². The van der Waals surface area contributed by atoms with Crippen LogP contribution < -0.4 is 19.8 Å². The second-order valence-corrected chi connectivity index (χ2v) is 12.6. The summed E-state index contributed by atoms with van der Waals surface area (Å²) in [7, 11) is 5.00. The molecule has 0 atom stereocenters. The summed E-state index contributed by atoms with van der Waals surface area (Å²) in [4.78, 5) is 33.6. The number of fused-ring (bicyclic) bond motifs is 1. The van der Waals surface area contributed by atoms with Crippen LogP contribution in [-0.4, -0.2) is 84.1 Å². The number of hydrogen-bond donors (Lipinski definition) is 0. The molecule has 3 aromatic rings. The maximum Gasteiger partial charge on any atom is 0.410 e. The van der Waals surface area contributed by atoms with Crippen LogP contribution in [0.3, 0.4) is 0 Å². The third kappa shape index (κ3) is 7.06. The molecule has 2 aromatic heterocycles. The summed E-state index contributed by atoms with van der Waals surface area (Å²) in [6.45, 7) is 10.2. The van der Waals surface area contributed by atoms with E-state index in [0.717, 1.165) is 74.9 Å². The molecule has 43 heavy (non-hydrogen) atoms. The molecular formula is C33H44N4O6. The van der Waals surface area contributed by atoms with Crippen LogP contribution in [0, 0.1) is 5.92 Å². The van der Waals surface area contributed by atoms with E-state index in [1.54, 1.807) is 38.2 Å². The first-order valence-corrected chi connectivity index (χ1v) is 15.1. The molecule has 0 saturated carbocycles. The average Bonchev–Trinajstić information content (AvgIpc) is 2.99. The van der Waals surface area contributed by atoms with Crippen molar-refractivity contribution in [3.63, 3.8) is 0 Å². The van der Waals surface area contributed by atoms with Gasteiger partial charge in [-0.25, -0.2) is 4.79 Å². The van der Waals surface area contributed by atoms with Crippen LogP contribution in [0.25, 0.3) is 21.9 Å². The van der Waals surface area contributed by atoms with Crippen LogP contribution in [0.5, 0.6) is 17.2 Å². The van der Waals surface area contributed by atoms with Crippen molar-refractivity contribution in [2.24, 2.45) is 13.0 Å². The first-order chi connectivity index (χ1) is 20.6. The summed E-state index contributed by atoms with van der Waals surface area (Å²) in [5.41, 5.74) is 1.18. The van der Waals surface area contributed by atoms with E-state index in [1.807, 2.05) is 50.1 Å². The smallest absolute Gasteiger partial charge is 0.410 e. The number of methoxy groups -OCH3 is 2. The minimum absolute atomic E-state index is 0.0448. The number of pyridine rings is 2. The maximum absolute atomic E-state index is 12.7. The van der Waals surface area contributed by atoms with Gasteiger partial charge in [-0.1, -0.05) is 0 Å². The highest BCUT2D eigenvalue weighted by Gasteiger charge is 2.30. The van der Waals surface area contributed by atoms with Crippen molar-refractivity contribution in [1.29, 1.82) is 0 Å². The van der Waals surface area contributed by atoms with E-state index < -0.39 is 5.60 Å². The van der Waals surface area contributed by atoms with Crippen molar-refractivity contribution >= 4 is 16.9 Å². The lowest BCUT2D eigenvalue weighted by molar-refractivity contribution is 0.0155. The number of likely N-dealkylation sites (tertiary alicyclic amines) is 2. The predicted molar refractivity (Wildman–Crippen MR) is 166 cm³/mol. The molecule has 2 aliphatic rings. The molecule has 232 valence electrons. The maximum atomic E-state index is 12.7. The summed E-state index contributed by atoms with van der Waals surface area (Å²) < 4.78 is 25.2. The lowest BCUT2D eigenvalue weighted by Crippen LogP contribution is -2.45. The summed E-state index contributed by atoms with van der Waals surface area (Å²) in [5, 5.41) is 1.37. The summed E-state index contributed by atoms with van der Waals surface area (Å²) in [5.74, 6) is 2.35. The van der Waals surface area contributed by atoms with Crippen LogP contribution in [0.1, 0.15) is 46.5 Å². The SMILES string of the molecule is COc1cc(-c2cn(C)c(=O)c3cnccc23)cc(OC)c1OC1CCN(CC2CCN(C(=O)OC(C)(C)C)CC2)CC1. The Bertz CT molecular complexity index is 1470. The highest BCUT2D eigenvalue weighted by molar-refractivity contribution is 5.96. The van der Waals surface area contributed by atoms with E-state index in [1.165, 1.54) is 0 Å². The van der Waals surface area contributed by atoms with Gasteiger partial charge in [0.1, 0.15) is 11.7 Å². The van der Waals surface area contributed by atoms with Gasteiger partial charge in [-0.2, -0.15) is 0 Å². The topological polar surface area (TPSA) is 95.4 Å². The normalized spacial score (nSPS) is 17.2. The molecule has 4 heterocycles. The summed E-state index contributed by atoms with van der Waals surface area (Å²) in [6, 6.07) is 5.74. The van der Waals surface area contributed by atoms with Gasteiger partial charge in [0.05, 0.1) is 19.6 Å². The van der Waals surface area contributed by atoms with Crippen molar-refractivity contribution in [2.75, 3.05) is 46.9 Å². The Labute approximate surface area is 253 Å². The standard InChI is InChI=1S/C33H44N4O6/c1-33(2,3)43-32(39)37-15-8-22(9-16-37)20-36-13-10-24(11-14-36)42-30-28(40-5)17-23(18-29(30)41-6)27-21-35(4)31(38)26-19-34-12-7-25(26)27/h7,12,17-19,21-22,24H,8-11,13-16,20H2,1-6H3. The van der Waals surface area contributed by atoms with E-state index in [2.05, 4.69) is 9.88 Å². The number of ether oxygens (including phenoxy) is 4. The number of benzene rings is 1. The lowest BCUT2D eigenvalue weighted by Gasteiger charge is -2.38. The van der Waals surface area contributed by atoms with Crippen LogP contribution in [0.4, 0.5) is 4.79 Å². The third-order valence-electron chi connectivity index (χ3n) is 8.36. The zero-order valence-corrected chi connectivity index (χ0v) is 26.2. The molecule has 0 unspecified atom stereocenters. The Hall–Kier alpha value is -3.79. The van der Waals surface area contributed by atoms with Crippen LogP contribution in [0.2, 0.25) is 0 Å². The molecule has 0 N–H and O–H groups in total. The lowest BCUT2D eigenvalue weighted by atomic mass is 9.95. The van der Waals surface area contributed by atoms with Crippen LogP contribution >= 0.6 is 0 Å². The highest BCUT2D eigenvalue weighted by atomic mass is 16.6. The zero-order chi connectivity index (χ0) is 30.7. The minimum atomic E-state index is -0.466. The fraction of sp³-hybridized carbons (Fsp3) is 0.545. The molecule has 1 amide bonds. The molecule has 1 aromatic carbocycles. The van der Waals surface area contributed by atoms with E-state index in [-0.39, 0.29) is 17.8 Å².